The first-order valence-electron chi connectivity index (χ1n) is 9.25. The molecule has 1 amide bonds. The van der Waals surface area contributed by atoms with E-state index in [0.717, 1.165) is 53.8 Å². The Morgan fingerprint density at radius 1 is 1.23 bits per heavy atom. The second-order valence-corrected chi connectivity index (χ2v) is 7.16. The fraction of sp³-hybridized carbons (Fsp3) is 0.381. The standard InChI is InChI=1S/C21H24N4O/c1-15-12-16(2)25(23-15)14-19-9-5-11-24(19)20(26)13-18-7-3-6-17-8-4-10-22-21(17)18/h3-4,6-8,10,12,19H,5,9,11,13-14H2,1-2H3/t19-/m0/s1. The average Bonchev–Trinajstić information content (AvgIpc) is 3.22. The smallest absolute Gasteiger partial charge is 0.227 e. The molecule has 5 nitrogen and oxygen atoms in total. The zero-order valence-corrected chi connectivity index (χ0v) is 15.4. The second-order valence-electron chi connectivity index (χ2n) is 7.16. The van der Waals surface area contributed by atoms with Crippen LogP contribution in [0.25, 0.3) is 10.9 Å². The molecule has 1 aliphatic heterocycles. The Hall–Kier alpha value is -2.69. The lowest BCUT2D eigenvalue weighted by Gasteiger charge is -2.25. The molecule has 1 saturated heterocycles. The molecule has 0 unspecified atom stereocenters. The molecule has 0 N–H and O–H groups in total. The van der Waals surface area contributed by atoms with E-state index in [0.29, 0.717) is 6.42 Å². The Balaban J connectivity index is 1.52. The number of para-hydroxylation sites is 1. The maximum Gasteiger partial charge on any atom is 0.227 e. The van der Waals surface area contributed by atoms with Gasteiger partial charge in [0.15, 0.2) is 0 Å². The van der Waals surface area contributed by atoms with Crippen LogP contribution >= 0.6 is 0 Å². The van der Waals surface area contributed by atoms with E-state index in [-0.39, 0.29) is 11.9 Å². The van der Waals surface area contributed by atoms with Gasteiger partial charge >= 0.3 is 0 Å². The maximum atomic E-state index is 13.0. The first-order valence-corrected chi connectivity index (χ1v) is 9.25. The number of likely N-dealkylation sites (tertiary alicyclic amines) is 1. The first kappa shape index (κ1) is 16.8. The van der Waals surface area contributed by atoms with Crippen LogP contribution in [0, 0.1) is 13.8 Å². The number of fused-ring (bicyclic) bond motifs is 1. The molecule has 3 aromatic rings. The van der Waals surface area contributed by atoms with E-state index in [1.54, 1.807) is 6.20 Å². The van der Waals surface area contributed by atoms with E-state index in [1.807, 2.05) is 46.8 Å². The number of nitrogens with zero attached hydrogens (tertiary/aromatic N) is 4. The quantitative estimate of drug-likeness (QED) is 0.727. The van der Waals surface area contributed by atoms with E-state index >= 15 is 0 Å². The highest BCUT2D eigenvalue weighted by molar-refractivity contribution is 5.87. The van der Waals surface area contributed by atoms with Crippen LogP contribution in [0.4, 0.5) is 0 Å². The number of pyridine rings is 1. The van der Waals surface area contributed by atoms with Crippen LogP contribution < -0.4 is 0 Å². The predicted octanol–water partition coefficient (Wildman–Crippen LogP) is 3.28. The highest BCUT2D eigenvalue weighted by Crippen LogP contribution is 2.23. The average molecular weight is 348 g/mol. The Labute approximate surface area is 153 Å². The lowest BCUT2D eigenvalue weighted by molar-refractivity contribution is -0.131. The topological polar surface area (TPSA) is 51.0 Å². The number of amides is 1. The van der Waals surface area contributed by atoms with Crippen molar-refractivity contribution in [2.24, 2.45) is 0 Å². The van der Waals surface area contributed by atoms with Gasteiger partial charge in [0.1, 0.15) is 0 Å². The fourth-order valence-corrected chi connectivity index (χ4v) is 3.99. The largest absolute Gasteiger partial charge is 0.338 e. The summed E-state index contributed by atoms with van der Waals surface area (Å²) in [5, 5.41) is 5.64. The van der Waals surface area contributed by atoms with Crippen molar-refractivity contribution in [3.05, 3.63) is 59.5 Å². The second kappa shape index (κ2) is 6.90. The molecule has 0 bridgehead atoms. The van der Waals surface area contributed by atoms with Gasteiger partial charge in [-0.3, -0.25) is 14.5 Å². The Morgan fingerprint density at radius 3 is 2.88 bits per heavy atom. The van der Waals surface area contributed by atoms with Crippen LogP contribution in [-0.4, -0.2) is 38.2 Å². The number of hydrogen-bond donors (Lipinski definition) is 0. The lowest BCUT2D eigenvalue weighted by Crippen LogP contribution is -2.39. The van der Waals surface area contributed by atoms with Crippen molar-refractivity contribution in [2.75, 3.05) is 6.54 Å². The summed E-state index contributed by atoms with van der Waals surface area (Å²) >= 11 is 0. The van der Waals surface area contributed by atoms with E-state index in [1.165, 1.54) is 0 Å². The molecule has 1 aliphatic rings. The van der Waals surface area contributed by atoms with Gasteiger partial charge in [-0.1, -0.05) is 24.3 Å². The van der Waals surface area contributed by atoms with Gasteiger partial charge in [-0.05, 0) is 44.4 Å². The third-order valence-corrected chi connectivity index (χ3v) is 5.24. The third-order valence-electron chi connectivity index (χ3n) is 5.24. The summed E-state index contributed by atoms with van der Waals surface area (Å²) in [5.74, 6) is 0.187. The van der Waals surface area contributed by atoms with Crippen molar-refractivity contribution in [3.8, 4) is 0 Å². The van der Waals surface area contributed by atoms with Crippen LogP contribution in [0.2, 0.25) is 0 Å². The molecule has 134 valence electrons. The Kier molecular flexibility index (Phi) is 4.45. The minimum atomic E-state index is 0.187. The van der Waals surface area contributed by atoms with Crippen molar-refractivity contribution in [1.29, 1.82) is 0 Å². The van der Waals surface area contributed by atoms with Gasteiger partial charge in [-0.15, -0.1) is 0 Å². The molecule has 1 fully saturated rings. The van der Waals surface area contributed by atoms with E-state index in [4.69, 9.17) is 0 Å². The maximum absolute atomic E-state index is 13.0. The van der Waals surface area contributed by atoms with Crippen molar-refractivity contribution >= 4 is 16.8 Å². The van der Waals surface area contributed by atoms with Gasteiger partial charge in [-0.2, -0.15) is 5.10 Å². The SMILES string of the molecule is Cc1cc(C)n(C[C@@H]2CCCN2C(=O)Cc2cccc3cccnc23)n1. The monoisotopic (exact) mass is 348 g/mol. The number of carbonyl (C=O) groups is 1. The Morgan fingerprint density at radius 2 is 2.08 bits per heavy atom. The lowest BCUT2D eigenvalue weighted by atomic mass is 10.1. The Bertz CT molecular complexity index is 941. The van der Waals surface area contributed by atoms with E-state index in [9.17, 15) is 4.79 Å². The molecule has 0 radical (unpaired) electrons. The molecule has 0 aliphatic carbocycles. The van der Waals surface area contributed by atoms with Crippen LogP contribution in [0.15, 0.2) is 42.6 Å². The van der Waals surface area contributed by atoms with Gasteiger partial charge < -0.3 is 4.90 Å². The van der Waals surface area contributed by atoms with Crippen molar-refractivity contribution in [1.82, 2.24) is 19.7 Å². The highest BCUT2D eigenvalue weighted by Gasteiger charge is 2.29. The molecule has 5 heteroatoms. The highest BCUT2D eigenvalue weighted by atomic mass is 16.2. The first-order chi connectivity index (χ1) is 12.6. The normalized spacial score (nSPS) is 17.2. The predicted molar refractivity (Wildman–Crippen MR) is 102 cm³/mol. The molecular formula is C21H24N4O. The molecule has 0 saturated carbocycles. The zero-order valence-electron chi connectivity index (χ0n) is 15.4. The molecular weight excluding hydrogens is 324 g/mol. The van der Waals surface area contributed by atoms with Gasteiger partial charge in [-0.25, -0.2) is 0 Å². The minimum Gasteiger partial charge on any atom is -0.338 e. The molecule has 3 heterocycles. The van der Waals surface area contributed by atoms with E-state index < -0.39 is 0 Å². The van der Waals surface area contributed by atoms with Gasteiger partial charge in [0.25, 0.3) is 0 Å². The van der Waals surface area contributed by atoms with Crippen LogP contribution in [-0.2, 0) is 17.8 Å². The summed E-state index contributed by atoms with van der Waals surface area (Å²) < 4.78 is 2.03. The van der Waals surface area contributed by atoms with Gasteiger partial charge in [0.2, 0.25) is 5.91 Å². The zero-order chi connectivity index (χ0) is 18.1. The fourth-order valence-electron chi connectivity index (χ4n) is 3.99. The number of carbonyl (C=O) groups excluding carboxylic acids is 1. The van der Waals surface area contributed by atoms with Crippen molar-refractivity contribution in [2.45, 2.75) is 45.7 Å². The van der Waals surface area contributed by atoms with Crippen molar-refractivity contribution < 1.29 is 4.79 Å². The number of aryl methyl sites for hydroxylation is 2. The molecule has 26 heavy (non-hydrogen) atoms. The van der Waals surface area contributed by atoms with Crippen LogP contribution in [0.5, 0.6) is 0 Å². The summed E-state index contributed by atoms with van der Waals surface area (Å²) in [6.07, 6.45) is 4.29. The number of aromatic nitrogens is 3. The summed E-state index contributed by atoms with van der Waals surface area (Å²) in [6, 6.07) is 12.3. The number of rotatable bonds is 4. The van der Waals surface area contributed by atoms with Crippen LogP contribution in [0.3, 0.4) is 0 Å². The molecule has 1 aromatic carbocycles. The van der Waals surface area contributed by atoms with Crippen LogP contribution in [0.1, 0.15) is 29.8 Å². The number of hydrogen-bond acceptors (Lipinski definition) is 3. The third kappa shape index (κ3) is 3.21. The van der Waals surface area contributed by atoms with Gasteiger partial charge in [0, 0.05) is 23.8 Å². The molecule has 2 aromatic heterocycles. The minimum absolute atomic E-state index is 0.187. The number of benzene rings is 1. The van der Waals surface area contributed by atoms with Gasteiger partial charge in [0.05, 0.1) is 30.2 Å². The summed E-state index contributed by atoms with van der Waals surface area (Å²) in [7, 11) is 0. The molecule has 0 spiro atoms. The van der Waals surface area contributed by atoms with Crippen molar-refractivity contribution in [3.63, 3.8) is 0 Å². The van der Waals surface area contributed by atoms with E-state index in [2.05, 4.69) is 23.1 Å². The molecule has 1 atom stereocenters. The summed E-state index contributed by atoms with van der Waals surface area (Å²) in [4.78, 5) is 19.5. The summed E-state index contributed by atoms with van der Waals surface area (Å²) in [5.41, 5.74) is 4.11. The summed E-state index contributed by atoms with van der Waals surface area (Å²) in [6.45, 7) is 5.69. The molecule has 4 rings (SSSR count).